The maximum atomic E-state index is 12.5. The molecule has 0 aliphatic carbocycles. The lowest BCUT2D eigenvalue weighted by Gasteiger charge is -2.09. The molecule has 0 radical (unpaired) electrons. The smallest absolute Gasteiger partial charge is 0.145 e. The van der Waals surface area contributed by atoms with Crippen molar-refractivity contribution in [3.05, 3.63) is 64.1 Å². The Labute approximate surface area is 125 Å². The minimum Gasteiger partial charge on any atom is -0.299 e. The van der Waals surface area contributed by atoms with Gasteiger partial charge in [-0.25, -0.2) is 0 Å². The quantitative estimate of drug-likeness (QED) is 0.825. The SMILES string of the molecule is O=C(Cc1cccc(Br)c1)C1CSc2ccccc21. The van der Waals surface area contributed by atoms with E-state index in [2.05, 4.69) is 28.1 Å². The molecule has 19 heavy (non-hydrogen) atoms. The first-order valence-corrected chi connectivity index (χ1v) is 8.01. The molecule has 0 amide bonds. The van der Waals surface area contributed by atoms with E-state index in [1.165, 1.54) is 10.5 Å². The van der Waals surface area contributed by atoms with Crippen LogP contribution in [0.4, 0.5) is 0 Å². The Morgan fingerprint density at radius 2 is 2.05 bits per heavy atom. The second-order valence-corrected chi connectivity index (χ2v) is 6.65. The van der Waals surface area contributed by atoms with Crippen LogP contribution in [0.5, 0.6) is 0 Å². The minimum absolute atomic E-state index is 0.0557. The van der Waals surface area contributed by atoms with Crippen LogP contribution in [0.3, 0.4) is 0 Å². The van der Waals surface area contributed by atoms with Gasteiger partial charge in [0.1, 0.15) is 5.78 Å². The molecule has 0 saturated carbocycles. The first kappa shape index (κ1) is 12.9. The number of halogens is 1. The predicted molar refractivity (Wildman–Crippen MR) is 82.8 cm³/mol. The zero-order valence-electron chi connectivity index (χ0n) is 10.3. The highest BCUT2D eigenvalue weighted by Gasteiger charge is 2.28. The first-order valence-electron chi connectivity index (χ1n) is 6.23. The number of thioether (sulfide) groups is 1. The van der Waals surface area contributed by atoms with Gasteiger partial charge < -0.3 is 0 Å². The number of hydrogen-bond acceptors (Lipinski definition) is 2. The number of fused-ring (bicyclic) bond motifs is 1. The van der Waals surface area contributed by atoms with E-state index in [1.54, 1.807) is 11.8 Å². The molecule has 2 aromatic rings. The standard InChI is InChI=1S/C16H13BrOS/c17-12-5-3-4-11(8-12)9-15(18)14-10-19-16-7-2-1-6-13(14)16/h1-8,14H,9-10H2. The summed E-state index contributed by atoms with van der Waals surface area (Å²) in [5.41, 5.74) is 2.28. The van der Waals surface area contributed by atoms with Gasteiger partial charge in [0.05, 0.1) is 5.92 Å². The van der Waals surface area contributed by atoms with Gasteiger partial charge in [0.15, 0.2) is 0 Å². The Hall–Kier alpha value is -1.06. The molecular formula is C16H13BrOS. The van der Waals surface area contributed by atoms with Crippen LogP contribution in [0.15, 0.2) is 57.9 Å². The molecule has 1 nitrogen and oxygen atoms in total. The second kappa shape index (κ2) is 5.51. The van der Waals surface area contributed by atoms with Crippen molar-refractivity contribution in [2.24, 2.45) is 0 Å². The summed E-state index contributed by atoms with van der Waals surface area (Å²) >= 11 is 5.23. The number of carbonyl (C=O) groups excluding carboxylic acids is 1. The summed E-state index contributed by atoms with van der Waals surface area (Å²) in [5.74, 6) is 1.25. The van der Waals surface area contributed by atoms with Crippen LogP contribution in [-0.2, 0) is 11.2 Å². The molecule has 0 spiro atoms. The number of benzene rings is 2. The van der Waals surface area contributed by atoms with Crippen LogP contribution in [0.25, 0.3) is 0 Å². The van der Waals surface area contributed by atoms with E-state index in [4.69, 9.17) is 0 Å². The van der Waals surface area contributed by atoms with Gasteiger partial charge in [-0.1, -0.05) is 46.3 Å². The summed E-state index contributed by atoms with van der Waals surface area (Å²) in [6, 6.07) is 16.2. The van der Waals surface area contributed by atoms with E-state index in [0.29, 0.717) is 12.2 Å². The maximum absolute atomic E-state index is 12.5. The fourth-order valence-corrected chi connectivity index (χ4v) is 4.11. The molecule has 3 rings (SSSR count). The molecule has 2 aromatic carbocycles. The highest BCUT2D eigenvalue weighted by molar-refractivity contribution is 9.10. The van der Waals surface area contributed by atoms with Crippen molar-refractivity contribution < 1.29 is 4.79 Å². The molecule has 1 heterocycles. The Kier molecular flexibility index (Phi) is 3.76. The van der Waals surface area contributed by atoms with Crippen LogP contribution < -0.4 is 0 Å². The average molecular weight is 333 g/mol. The summed E-state index contributed by atoms with van der Waals surface area (Å²) in [4.78, 5) is 13.7. The van der Waals surface area contributed by atoms with Gasteiger partial charge >= 0.3 is 0 Å². The summed E-state index contributed by atoms with van der Waals surface area (Å²) in [6.07, 6.45) is 0.513. The highest BCUT2D eigenvalue weighted by Crippen LogP contribution is 2.40. The Balaban J connectivity index is 1.79. The lowest BCUT2D eigenvalue weighted by molar-refractivity contribution is -0.119. The summed E-state index contributed by atoms with van der Waals surface area (Å²) in [6.45, 7) is 0. The van der Waals surface area contributed by atoms with E-state index in [1.807, 2.05) is 36.4 Å². The number of ketones is 1. The van der Waals surface area contributed by atoms with Crippen LogP contribution in [-0.4, -0.2) is 11.5 Å². The third-order valence-electron chi connectivity index (χ3n) is 3.36. The minimum atomic E-state index is 0.0557. The molecule has 0 saturated heterocycles. The Bertz CT molecular complexity index is 624. The highest BCUT2D eigenvalue weighted by atomic mass is 79.9. The molecule has 0 bridgehead atoms. The van der Waals surface area contributed by atoms with Crippen molar-refractivity contribution in [3.8, 4) is 0 Å². The number of carbonyl (C=O) groups is 1. The molecule has 0 fully saturated rings. The zero-order valence-corrected chi connectivity index (χ0v) is 12.7. The van der Waals surface area contributed by atoms with E-state index < -0.39 is 0 Å². The monoisotopic (exact) mass is 332 g/mol. The van der Waals surface area contributed by atoms with Gasteiger partial charge in [0, 0.05) is 21.5 Å². The van der Waals surface area contributed by atoms with E-state index >= 15 is 0 Å². The van der Waals surface area contributed by atoms with Gasteiger partial charge in [-0.2, -0.15) is 0 Å². The molecule has 1 aliphatic rings. The fourth-order valence-electron chi connectivity index (χ4n) is 2.40. The van der Waals surface area contributed by atoms with Gasteiger partial charge in [-0.05, 0) is 29.3 Å². The van der Waals surface area contributed by atoms with Crippen LogP contribution >= 0.6 is 27.7 Å². The van der Waals surface area contributed by atoms with Crippen molar-refractivity contribution in [1.29, 1.82) is 0 Å². The lowest BCUT2D eigenvalue weighted by Crippen LogP contribution is -2.14. The molecular weight excluding hydrogens is 320 g/mol. The number of rotatable bonds is 3. The third-order valence-corrected chi connectivity index (χ3v) is 5.03. The topological polar surface area (TPSA) is 17.1 Å². The molecule has 96 valence electrons. The normalized spacial score (nSPS) is 17.2. The van der Waals surface area contributed by atoms with Crippen LogP contribution in [0, 0.1) is 0 Å². The van der Waals surface area contributed by atoms with Crippen molar-refractivity contribution in [1.82, 2.24) is 0 Å². The number of Topliss-reactive ketones (excluding diaryl/α,β-unsaturated/α-hetero) is 1. The molecule has 1 atom stereocenters. The Morgan fingerprint density at radius 1 is 1.21 bits per heavy atom. The lowest BCUT2D eigenvalue weighted by atomic mass is 9.93. The van der Waals surface area contributed by atoms with Gasteiger partial charge in [0.2, 0.25) is 0 Å². The first-order chi connectivity index (χ1) is 9.24. The Morgan fingerprint density at radius 3 is 2.89 bits per heavy atom. The van der Waals surface area contributed by atoms with Crippen molar-refractivity contribution in [2.75, 3.05) is 5.75 Å². The van der Waals surface area contributed by atoms with Crippen molar-refractivity contribution in [3.63, 3.8) is 0 Å². The predicted octanol–water partition coefficient (Wildman–Crippen LogP) is 4.45. The van der Waals surface area contributed by atoms with Gasteiger partial charge in [-0.3, -0.25) is 4.79 Å². The summed E-state index contributed by atoms with van der Waals surface area (Å²) in [5, 5.41) is 0. The molecule has 0 aromatic heterocycles. The second-order valence-electron chi connectivity index (χ2n) is 4.67. The summed E-state index contributed by atoms with van der Waals surface area (Å²) < 4.78 is 1.03. The van der Waals surface area contributed by atoms with Crippen LogP contribution in [0.1, 0.15) is 17.0 Å². The molecule has 3 heteroatoms. The molecule has 1 unspecified atom stereocenters. The van der Waals surface area contributed by atoms with E-state index in [-0.39, 0.29) is 5.92 Å². The van der Waals surface area contributed by atoms with Crippen LogP contribution in [0.2, 0.25) is 0 Å². The van der Waals surface area contributed by atoms with Gasteiger partial charge in [-0.15, -0.1) is 11.8 Å². The number of hydrogen-bond donors (Lipinski definition) is 0. The zero-order chi connectivity index (χ0) is 13.2. The molecule has 0 N–H and O–H groups in total. The summed E-state index contributed by atoms with van der Waals surface area (Å²) in [7, 11) is 0. The van der Waals surface area contributed by atoms with Gasteiger partial charge in [0.25, 0.3) is 0 Å². The van der Waals surface area contributed by atoms with Crippen molar-refractivity contribution in [2.45, 2.75) is 17.2 Å². The largest absolute Gasteiger partial charge is 0.299 e. The van der Waals surface area contributed by atoms with Crippen molar-refractivity contribution >= 4 is 33.5 Å². The van der Waals surface area contributed by atoms with E-state index in [0.717, 1.165) is 15.8 Å². The third kappa shape index (κ3) is 2.77. The maximum Gasteiger partial charge on any atom is 0.145 e. The average Bonchev–Trinajstić information content (AvgIpc) is 2.82. The molecule has 1 aliphatic heterocycles. The van der Waals surface area contributed by atoms with E-state index in [9.17, 15) is 4.79 Å². The fraction of sp³-hybridized carbons (Fsp3) is 0.188.